The Bertz CT molecular complexity index is 1230. The number of para-hydroxylation sites is 2. The van der Waals surface area contributed by atoms with Crippen LogP contribution >= 0.6 is 0 Å². The lowest BCUT2D eigenvalue weighted by Crippen LogP contribution is -1.99. The van der Waals surface area contributed by atoms with Crippen LogP contribution in [0.4, 0.5) is 0 Å². The van der Waals surface area contributed by atoms with E-state index in [2.05, 4.69) is 16.2 Å². The number of imidazole rings is 1. The zero-order valence-corrected chi connectivity index (χ0v) is 15.7. The fraction of sp³-hybridized carbons (Fsp3) is 0.190. The van der Waals surface area contributed by atoms with Gasteiger partial charge in [-0.1, -0.05) is 17.3 Å². The second-order valence-electron chi connectivity index (χ2n) is 6.61. The molecular weight excluding hydrogens is 338 g/mol. The molecule has 0 atom stereocenters. The molecule has 3 aromatic heterocycles. The van der Waals surface area contributed by atoms with Crippen molar-refractivity contribution >= 4 is 22.7 Å². The Labute approximate surface area is 157 Å². The molecule has 0 unspecified atom stereocenters. The van der Waals surface area contributed by atoms with Gasteiger partial charge in [0.15, 0.2) is 11.6 Å². The van der Waals surface area contributed by atoms with Gasteiger partial charge in [0.2, 0.25) is 0 Å². The SMILES string of the molecule is Cc1cc(-n2c(C)cc(C=C(C#N)c3nc4ccccc4n3C)c2C)no1. The normalized spacial score (nSPS) is 11.9. The van der Waals surface area contributed by atoms with Crippen molar-refractivity contribution in [1.82, 2.24) is 19.3 Å². The molecule has 0 N–H and O–H groups in total. The van der Waals surface area contributed by atoms with Crippen LogP contribution in [0.1, 0.15) is 28.5 Å². The monoisotopic (exact) mass is 357 g/mol. The van der Waals surface area contributed by atoms with E-state index in [9.17, 15) is 5.26 Å². The molecule has 0 amide bonds. The molecule has 0 spiro atoms. The van der Waals surface area contributed by atoms with E-state index in [1.54, 1.807) is 0 Å². The molecule has 134 valence electrons. The standard InChI is InChI=1S/C21H19N5O/c1-13-9-16(15(3)26(13)20-10-14(2)27-24-20)11-17(12-22)21-23-18-7-5-6-8-19(18)25(21)4/h5-11H,1-4H3. The molecule has 0 aliphatic carbocycles. The van der Waals surface area contributed by atoms with Crippen LogP contribution in [0.3, 0.4) is 0 Å². The minimum atomic E-state index is 0.519. The van der Waals surface area contributed by atoms with Crippen molar-refractivity contribution in [2.24, 2.45) is 7.05 Å². The first-order valence-electron chi connectivity index (χ1n) is 8.66. The van der Waals surface area contributed by atoms with Gasteiger partial charge in [-0.3, -0.25) is 4.57 Å². The summed E-state index contributed by atoms with van der Waals surface area (Å²) < 4.78 is 9.18. The minimum absolute atomic E-state index is 0.519. The third kappa shape index (κ3) is 2.74. The predicted molar refractivity (Wildman–Crippen MR) is 104 cm³/mol. The lowest BCUT2D eigenvalue weighted by Gasteiger charge is -2.04. The second kappa shape index (κ2) is 6.29. The first-order valence-corrected chi connectivity index (χ1v) is 8.66. The quantitative estimate of drug-likeness (QED) is 0.511. The van der Waals surface area contributed by atoms with Gasteiger partial charge in [-0.05, 0) is 50.6 Å². The van der Waals surface area contributed by atoms with Crippen molar-refractivity contribution in [2.45, 2.75) is 20.8 Å². The van der Waals surface area contributed by atoms with E-state index in [4.69, 9.17) is 4.52 Å². The van der Waals surface area contributed by atoms with Gasteiger partial charge in [-0.15, -0.1) is 0 Å². The van der Waals surface area contributed by atoms with E-state index in [-0.39, 0.29) is 0 Å². The van der Waals surface area contributed by atoms with Gasteiger partial charge >= 0.3 is 0 Å². The Morgan fingerprint density at radius 3 is 2.63 bits per heavy atom. The van der Waals surface area contributed by atoms with Gasteiger partial charge in [-0.2, -0.15) is 5.26 Å². The fourth-order valence-corrected chi connectivity index (χ4v) is 3.43. The average Bonchev–Trinajstić information content (AvgIpc) is 3.30. The summed E-state index contributed by atoms with van der Waals surface area (Å²) in [5, 5.41) is 13.9. The van der Waals surface area contributed by atoms with E-state index in [1.165, 1.54) is 0 Å². The lowest BCUT2D eigenvalue weighted by molar-refractivity contribution is 0.394. The van der Waals surface area contributed by atoms with E-state index in [0.29, 0.717) is 11.4 Å². The molecule has 0 aliphatic heterocycles. The van der Waals surface area contributed by atoms with Crippen molar-refractivity contribution < 1.29 is 4.52 Å². The van der Waals surface area contributed by atoms with E-state index in [1.807, 2.05) is 79.4 Å². The number of nitriles is 1. The fourth-order valence-electron chi connectivity index (χ4n) is 3.43. The number of hydrogen-bond acceptors (Lipinski definition) is 4. The lowest BCUT2D eigenvalue weighted by atomic mass is 10.1. The number of nitrogens with zero attached hydrogens (tertiary/aromatic N) is 5. The molecule has 0 saturated heterocycles. The first kappa shape index (κ1) is 16.9. The molecule has 0 radical (unpaired) electrons. The van der Waals surface area contributed by atoms with Gasteiger partial charge in [-0.25, -0.2) is 4.98 Å². The maximum absolute atomic E-state index is 9.77. The van der Waals surface area contributed by atoms with Gasteiger partial charge in [0.05, 0.1) is 16.6 Å². The highest BCUT2D eigenvalue weighted by Crippen LogP contribution is 2.26. The number of benzene rings is 1. The number of rotatable bonds is 3. The summed E-state index contributed by atoms with van der Waals surface area (Å²) in [5.41, 5.74) is 5.36. The molecule has 4 aromatic rings. The Kier molecular flexibility index (Phi) is 3.93. The summed E-state index contributed by atoms with van der Waals surface area (Å²) in [6.07, 6.45) is 1.88. The summed E-state index contributed by atoms with van der Waals surface area (Å²) >= 11 is 0. The van der Waals surface area contributed by atoms with Crippen LogP contribution in [-0.2, 0) is 7.05 Å². The highest BCUT2D eigenvalue weighted by molar-refractivity contribution is 5.91. The van der Waals surface area contributed by atoms with E-state index < -0.39 is 0 Å². The summed E-state index contributed by atoms with van der Waals surface area (Å²) in [6, 6.07) is 14.1. The molecule has 27 heavy (non-hydrogen) atoms. The molecule has 6 heteroatoms. The summed E-state index contributed by atoms with van der Waals surface area (Å²) in [4.78, 5) is 4.64. The van der Waals surface area contributed by atoms with Crippen LogP contribution in [0.25, 0.3) is 28.5 Å². The van der Waals surface area contributed by atoms with Gasteiger partial charge in [0.1, 0.15) is 11.8 Å². The average molecular weight is 357 g/mol. The molecule has 0 saturated carbocycles. The van der Waals surface area contributed by atoms with Gasteiger partial charge < -0.3 is 9.09 Å². The molecular formula is C21H19N5O. The molecule has 6 nitrogen and oxygen atoms in total. The zero-order chi connectivity index (χ0) is 19.1. The number of allylic oxidation sites excluding steroid dienone is 1. The van der Waals surface area contributed by atoms with Crippen LogP contribution in [0.15, 0.2) is 40.9 Å². The van der Waals surface area contributed by atoms with Gasteiger partial charge in [0.25, 0.3) is 0 Å². The number of aryl methyl sites for hydroxylation is 3. The Hall–Kier alpha value is -3.59. The number of fused-ring (bicyclic) bond motifs is 1. The van der Waals surface area contributed by atoms with Crippen LogP contribution in [-0.4, -0.2) is 19.3 Å². The molecule has 0 fully saturated rings. The van der Waals surface area contributed by atoms with Crippen molar-refractivity contribution in [3.8, 4) is 11.9 Å². The minimum Gasteiger partial charge on any atom is -0.360 e. The molecule has 4 rings (SSSR count). The van der Waals surface area contributed by atoms with Crippen molar-refractivity contribution in [2.75, 3.05) is 0 Å². The van der Waals surface area contributed by atoms with E-state index >= 15 is 0 Å². The Morgan fingerprint density at radius 1 is 1.19 bits per heavy atom. The van der Waals surface area contributed by atoms with Crippen molar-refractivity contribution in [3.05, 3.63) is 64.9 Å². The Balaban J connectivity index is 1.84. The predicted octanol–water partition coefficient (Wildman–Crippen LogP) is 4.34. The maximum atomic E-state index is 9.77. The molecule has 1 aromatic carbocycles. The summed E-state index contributed by atoms with van der Waals surface area (Å²) in [7, 11) is 1.93. The smallest absolute Gasteiger partial charge is 0.180 e. The third-order valence-corrected chi connectivity index (χ3v) is 4.76. The van der Waals surface area contributed by atoms with Crippen LogP contribution in [0, 0.1) is 32.1 Å². The topological polar surface area (TPSA) is 72.6 Å². The van der Waals surface area contributed by atoms with Crippen molar-refractivity contribution in [3.63, 3.8) is 0 Å². The summed E-state index contributed by atoms with van der Waals surface area (Å²) in [5.74, 6) is 2.15. The first-order chi connectivity index (χ1) is 13.0. The van der Waals surface area contributed by atoms with E-state index in [0.717, 1.165) is 39.6 Å². The third-order valence-electron chi connectivity index (χ3n) is 4.76. The zero-order valence-electron chi connectivity index (χ0n) is 15.7. The van der Waals surface area contributed by atoms with Crippen molar-refractivity contribution in [1.29, 1.82) is 5.26 Å². The van der Waals surface area contributed by atoms with Crippen LogP contribution < -0.4 is 0 Å². The highest BCUT2D eigenvalue weighted by atomic mass is 16.5. The van der Waals surface area contributed by atoms with Crippen LogP contribution in [0.5, 0.6) is 0 Å². The second-order valence-corrected chi connectivity index (χ2v) is 6.61. The number of hydrogen-bond donors (Lipinski definition) is 0. The van der Waals surface area contributed by atoms with Gasteiger partial charge in [0, 0.05) is 24.5 Å². The molecule has 0 aliphatic rings. The van der Waals surface area contributed by atoms with Crippen LogP contribution in [0.2, 0.25) is 0 Å². The molecule has 3 heterocycles. The number of aromatic nitrogens is 4. The molecule has 0 bridgehead atoms. The highest BCUT2D eigenvalue weighted by Gasteiger charge is 2.16. The Morgan fingerprint density at radius 2 is 1.96 bits per heavy atom. The largest absolute Gasteiger partial charge is 0.360 e. The maximum Gasteiger partial charge on any atom is 0.180 e. The summed E-state index contributed by atoms with van der Waals surface area (Å²) in [6.45, 7) is 5.88.